The number of amides is 3. The van der Waals surface area contributed by atoms with Crippen LogP contribution in [0.4, 0.5) is 4.79 Å². The van der Waals surface area contributed by atoms with Gasteiger partial charge in [0, 0.05) is 19.0 Å². The van der Waals surface area contributed by atoms with E-state index in [0.717, 1.165) is 47.9 Å². The van der Waals surface area contributed by atoms with E-state index in [1.165, 1.54) is 6.42 Å². The van der Waals surface area contributed by atoms with Crippen LogP contribution in [0.25, 0.3) is 0 Å². The van der Waals surface area contributed by atoms with Gasteiger partial charge in [-0.2, -0.15) is 0 Å². The topological polar surface area (TPSA) is 87.7 Å². The maximum absolute atomic E-state index is 14.3. The van der Waals surface area contributed by atoms with Crippen molar-refractivity contribution in [2.45, 2.75) is 104 Å². The van der Waals surface area contributed by atoms with Gasteiger partial charge in [-0.05, 0) is 71.1 Å². The number of aryl methyl sites for hydroxylation is 2. The van der Waals surface area contributed by atoms with Gasteiger partial charge in [-0.1, -0.05) is 73.4 Å². The summed E-state index contributed by atoms with van der Waals surface area (Å²) in [5, 5.41) is 6.05. The Balaban J connectivity index is 1.98. The summed E-state index contributed by atoms with van der Waals surface area (Å²) in [6.45, 7) is 11.5. The molecule has 0 aromatic heterocycles. The molecule has 0 radical (unpaired) electrons. The van der Waals surface area contributed by atoms with Crippen LogP contribution in [0, 0.1) is 13.8 Å². The Morgan fingerprint density at radius 1 is 1.00 bits per heavy atom. The predicted molar refractivity (Wildman–Crippen MR) is 154 cm³/mol. The molecule has 0 aliphatic heterocycles. The van der Waals surface area contributed by atoms with Crippen molar-refractivity contribution in [3.05, 3.63) is 70.8 Å². The monoisotopic (exact) mass is 535 g/mol. The van der Waals surface area contributed by atoms with Crippen LogP contribution in [0.2, 0.25) is 0 Å². The number of hydrogen-bond acceptors (Lipinski definition) is 4. The fourth-order valence-electron chi connectivity index (χ4n) is 5.20. The highest BCUT2D eigenvalue weighted by atomic mass is 16.6. The number of ether oxygens (including phenoxy) is 1. The molecule has 7 nitrogen and oxygen atoms in total. The third-order valence-corrected chi connectivity index (χ3v) is 7.14. The van der Waals surface area contributed by atoms with E-state index >= 15 is 0 Å². The van der Waals surface area contributed by atoms with Crippen molar-refractivity contribution in [3.8, 4) is 0 Å². The number of rotatable bonds is 9. The first-order valence-electron chi connectivity index (χ1n) is 14.2. The van der Waals surface area contributed by atoms with E-state index < -0.39 is 23.8 Å². The Hall–Kier alpha value is -3.35. The summed E-state index contributed by atoms with van der Waals surface area (Å²) < 4.78 is 5.50. The fourth-order valence-corrected chi connectivity index (χ4v) is 5.20. The number of nitrogens with zero attached hydrogens (tertiary/aromatic N) is 1. The minimum Gasteiger partial charge on any atom is -0.444 e. The number of alkyl carbamates (subject to hydrolysis) is 1. The Kier molecular flexibility index (Phi) is 10.6. The maximum Gasteiger partial charge on any atom is 0.408 e. The van der Waals surface area contributed by atoms with Gasteiger partial charge in [-0.3, -0.25) is 9.59 Å². The molecule has 0 spiro atoms. The molecule has 1 saturated carbocycles. The second-order valence-corrected chi connectivity index (χ2v) is 11.6. The highest BCUT2D eigenvalue weighted by molar-refractivity contribution is 5.92. The second-order valence-electron chi connectivity index (χ2n) is 11.6. The number of benzene rings is 2. The molecule has 3 amide bonds. The molecule has 3 rings (SSSR count). The van der Waals surface area contributed by atoms with E-state index in [0.29, 0.717) is 6.54 Å². The first kappa shape index (κ1) is 30.2. The summed E-state index contributed by atoms with van der Waals surface area (Å²) in [5.74, 6) is -0.501. The molecule has 2 unspecified atom stereocenters. The van der Waals surface area contributed by atoms with Gasteiger partial charge in [-0.15, -0.1) is 0 Å². The number of carbonyl (C=O) groups is 3. The molecule has 7 heteroatoms. The van der Waals surface area contributed by atoms with Crippen molar-refractivity contribution in [1.82, 2.24) is 15.5 Å². The zero-order valence-corrected chi connectivity index (χ0v) is 24.4. The van der Waals surface area contributed by atoms with Crippen molar-refractivity contribution in [2.24, 2.45) is 0 Å². The van der Waals surface area contributed by atoms with Gasteiger partial charge in [-0.25, -0.2) is 4.79 Å². The van der Waals surface area contributed by atoms with Crippen LogP contribution in [0.3, 0.4) is 0 Å². The molecule has 2 atom stereocenters. The standard InChI is InChI=1S/C32H45N3O4/c1-7-35(30(37)27(21-24-14-10-8-11-15-24)34-31(38)39-32(4,5)6)28(26-20-22(2)18-19-23(26)3)29(36)33-25-16-12-9-13-17-25/h8,10-11,14-15,18-20,25,27-28H,7,9,12-13,16-17,21H2,1-6H3,(H,33,36)(H,34,38). The number of likely N-dealkylation sites (N-methyl/N-ethyl adjacent to an activating group) is 1. The summed E-state index contributed by atoms with van der Waals surface area (Å²) >= 11 is 0. The number of hydrogen-bond donors (Lipinski definition) is 2. The average Bonchev–Trinajstić information content (AvgIpc) is 2.88. The Bertz CT molecular complexity index is 1120. The normalized spacial score (nSPS) is 15.6. The van der Waals surface area contributed by atoms with Crippen molar-refractivity contribution < 1.29 is 19.1 Å². The number of nitrogens with one attached hydrogen (secondary N) is 2. The van der Waals surface area contributed by atoms with Crippen LogP contribution in [-0.4, -0.2) is 47.0 Å². The summed E-state index contributed by atoms with van der Waals surface area (Å²) in [4.78, 5) is 42.6. The van der Waals surface area contributed by atoms with Gasteiger partial charge >= 0.3 is 6.09 Å². The smallest absolute Gasteiger partial charge is 0.408 e. The lowest BCUT2D eigenvalue weighted by molar-refractivity contribution is -0.142. The molecule has 2 aromatic rings. The molecule has 39 heavy (non-hydrogen) atoms. The SMILES string of the molecule is CCN(C(=O)C(Cc1ccccc1)NC(=O)OC(C)(C)C)C(C(=O)NC1CCCCC1)c1cc(C)ccc1C. The van der Waals surface area contributed by atoms with Gasteiger partial charge < -0.3 is 20.3 Å². The Morgan fingerprint density at radius 3 is 2.28 bits per heavy atom. The number of carbonyl (C=O) groups excluding carboxylic acids is 3. The van der Waals surface area contributed by atoms with E-state index in [-0.39, 0.29) is 24.3 Å². The molecule has 1 fully saturated rings. The minimum absolute atomic E-state index is 0.104. The highest BCUT2D eigenvalue weighted by Crippen LogP contribution is 2.28. The molecule has 2 N–H and O–H groups in total. The van der Waals surface area contributed by atoms with E-state index in [9.17, 15) is 14.4 Å². The lowest BCUT2D eigenvalue weighted by atomic mass is 9.93. The largest absolute Gasteiger partial charge is 0.444 e. The third kappa shape index (κ3) is 8.84. The average molecular weight is 536 g/mol. The predicted octanol–water partition coefficient (Wildman–Crippen LogP) is 5.78. The quantitative estimate of drug-likeness (QED) is 0.426. The zero-order valence-electron chi connectivity index (χ0n) is 24.4. The lowest BCUT2D eigenvalue weighted by Gasteiger charge is -2.35. The van der Waals surface area contributed by atoms with Crippen molar-refractivity contribution in [3.63, 3.8) is 0 Å². The van der Waals surface area contributed by atoms with Crippen LogP contribution >= 0.6 is 0 Å². The zero-order chi connectivity index (χ0) is 28.6. The van der Waals surface area contributed by atoms with Gasteiger partial charge in [0.2, 0.25) is 11.8 Å². The van der Waals surface area contributed by atoms with Crippen LogP contribution in [0.5, 0.6) is 0 Å². The Morgan fingerprint density at radius 2 is 1.67 bits per heavy atom. The fraction of sp³-hybridized carbons (Fsp3) is 0.531. The van der Waals surface area contributed by atoms with Gasteiger partial charge in [0.25, 0.3) is 0 Å². The summed E-state index contributed by atoms with van der Waals surface area (Å²) in [5.41, 5.74) is 2.94. The molecular formula is C32H45N3O4. The molecule has 0 saturated heterocycles. The molecule has 1 aliphatic carbocycles. The van der Waals surface area contributed by atoms with Crippen molar-refractivity contribution in [2.75, 3.05) is 6.54 Å². The van der Waals surface area contributed by atoms with Crippen LogP contribution in [0.1, 0.15) is 88.1 Å². The lowest BCUT2D eigenvalue weighted by Crippen LogP contribution is -2.54. The molecular weight excluding hydrogens is 490 g/mol. The Labute approximate surface area is 233 Å². The first-order valence-corrected chi connectivity index (χ1v) is 14.2. The van der Waals surface area contributed by atoms with Crippen molar-refractivity contribution in [1.29, 1.82) is 0 Å². The van der Waals surface area contributed by atoms with Crippen LogP contribution in [-0.2, 0) is 20.7 Å². The van der Waals surface area contributed by atoms with Crippen LogP contribution in [0.15, 0.2) is 48.5 Å². The summed E-state index contributed by atoms with van der Waals surface area (Å²) in [7, 11) is 0. The minimum atomic E-state index is -0.905. The van der Waals surface area contributed by atoms with E-state index in [1.54, 1.807) is 25.7 Å². The molecule has 2 aromatic carbocycles. The first-order chi connectivity index (χ1) is 18.5. The van der Waals surface area contributed by atoms with E-state index in [1.807, 2.05) is 69.3 Å². The van der Waals surface area contributed by atoms with Crippen molar-refractivity contribution >= 4 is 17.9 Å². The summed E-state index contributed by atoms with van der Waals surface area (Å²) in [6, 6.07) is 13.9. The van der Waals surface area contributed by atoms with E-state index in [4.69, 9.17) is 4.74 Å². The van der Waals surface area contributed by atoms with E-state index in [2.05, 4.69) is 10.6 Å². The molecule has 0 bridgehead atoms. The van der Waals surface area contributed by atoms with Gasteiger partial charge in [0.15, 0.2) is 0 Å². The third-order valence-electron chi connectivity index (χ3n) is 7.14. The molecule has 0 heterocycles. The van der Waals surface area contributed by atoms with Gasteiger partial charge in [0.05, 0.1) is 0 Å². The highest BCUT2D eigenvalue weighted by Gasteiger charge is 2.37. The maximum atomic E-state index is 14.3. The van der Waals surface area contributed by atoms with Gasteiger partial charge in [0.1, 0.15) is 17.7 Å². The summed E-state index contributed by atoms with van der Waals surface area (Å²) in [6.07, 6.45) is 4.87. The second kappa shape index (κ2) is 13.6. The molecule has 1 aliphatic rings. The van der Waals surface area contributed by atoms with Crippen LogP contribution < -0.4 is 10.6 Å². The molecule has 212 valence electrons.